The molecule has 4 nitrogen and oxygen atoms in total. The van der Waals surface area contributed by atoms with Gasteiger partial charge in [0.25, 0.3) is 0 Å². The normalized spacial score (nSPS) is 16.9. The number of ether oxygens (including phenoxy) is 1. The third-order valence-corrected chi connectivity index (χ3v) is 4.10. The molecule has 2 aromatic rings. The van der Waals surface area contributed by atoms with Crippen LogP contribution in [0.4, 0.5) is 8.78 Å². The number of benzene rings is 2. The summed E-state index contributed by atoms with van der Waals surface area (Å²) in [5, 5.41) is 22.6. The van der Waals surface area contributed by atoms with Crippen LogP contribution in [0.3, 0.4) is 0 Å². The molecule has 0 saturated heterocycles. The SMILES string of the molecule is COc1c(F)cc(C[C@@H]2NCCc3cc(O)c(O)cc32)cc1F. The van der Waals surface area contributed by atoms with Crippen molar-refractivity contribution in [2.75, 3.05) is 13.7 Å². The second-order valence-corrected chi connectivity index (χ2v) is 5.59. The van der Waals surface area contributed by atoms with Crippen molar-refractivity contribution >= 4 is 0 Å². The monoisotopic (exact) mass is 321 g/mol. The van der Waals surface area contributed by atoms with Gasteiger partial charge in [0.2, 0.25) is 0 Å². The number of hydrogen-bond donors (Lipinski definition) is 3. The number of hydrogen-bond acceptors (Lipinski definition) is 4. The molecule has 3 rings (SSSR count). The van der Waals surface area contributed by atoms with Crippen molar-refractivity contribution in [2.45, 2.75) is 18.9 Å². The minimum Gasteiger partial charge on any atom is -0.504 e. The second-order valence-electron chi connectivity index (χ2n) is 5.59. The van der Waals surface area contributed by atoms with Crippen LogP contribution in [0.1, 0.15) is 22.7 Å². The quantitative estimate of drug-likeness (QED) is 0.761. The van der Waals surface area contributed by atoms with E-state index in [-0.39, 0.29) is 17.5 Å². The molecule has 122 valence electrons. The van der Waals surface area contributed by atoms with E-state index in [9.17, 15) is 19.0 Å². The summed E-state index contributed by atoms with van der Waals surface area (Å²) in [6.45, 7) is 0.684. The Balaban J connectivity index is 1.92. The maximum Gasteiger partial charge on any atom is 0.190 e. The van der Waals surface area contributed by atoms with Gasteiger partial charge in [0.15, 0.2) is 28.9 Å². The highest BCUT2D eigenvalue weighted by Gasteiger charge is 2.23. The number of fused-ring (bicyclic) bond motifs is 1. The van der Waals surface area contributed by atoms with E-state index in [1.807, 2.05) is 0 Å². The number of halogens is 2. The maximum atomic E-state index is 13.8. The van der Waals surface area contributed by atoms with Gasteiger partial charge in [-0.15, -0.1) is 0 Å². The summed E-state index contributed by atoms with van der Waals surface area (Å²) in [5.41, 5.74) is 2.22. The molecule has 0 fully saturated rings. The Hall–Kier alpha value is -2.34. The van der Waals surface area contributed by atoms with Gasteiger partial charge < -0.3 is 20.3 Å². The Kier molecular flexibility index (Phi) is 4.09. The van der Waals surface area contributed by atoms with Crippen molar-refractivity contribution in [3.8, 4) is 17.2 Å². The minimum absolute atomic E-state index is 0.161. The number of aromatic hydroxyl groups is 2. The Bertz CT molecular complexity index is 726. The molecule has 0 amide bonds. The van der Waals surface area contributed by atoms with Crippen LogP contribution in [0, 0.1) is 11.6 Å². The van der Waals surface area contributed by atoms with Gasteiger partial charge in [-0.25, -0.2) is 8.78 Å². The third-order valence-electron chi connectivity index (χ3n) is 4.10. The van der Waals surface area contributed by atoms with E-state index in [4.69, 9.17) is 0 Å². The van der Waals surface area contributed by atoms with Gasteiger partial charge in [0.1, 0.15) is 0 Å². The van der Waals surface area contributed by atoms with Crippen LogP contribution in [0.5, 0.6) is 17.2 Å². The molecule has 3 N–H and O–H groups in total. The lowest BCUT2D eigenvalue weighted by atomic mass is 9.90. The van der Waals surface area contributed by atoms with Gasteiger partial charge in [-0.05, 0) is 60.3 Å². The molecule has 0 saturated carbocycles. The number of phenols is 2. The summed E-state index contributed by atoms with van der Waals surface area (Å²) in [4.78, 5) is 0. The average Bonchev–Trinajstić information content (AvgIpc) is 2.49. The molecule has 0 spiro atoms. The fourth-order valence-corrected chi connectivity index (χ4v) is 3.01. The highest BCUT2D eigenvalue weighted by Crippen LogP contribution is 2.35. The highest BCUT2D eigenvalue weighted by molar-refractivity contribution is 5.48. The van der Waals surface area contributed by atoms with Gasteiger partial charge in [-0.1, -0.05) is 0 Å². The summed E-state index contributed by atoms with van der Waals surface area (Å²) in [6, 6.07) is 5.33. The predicted octanol–water partition coefficient (Wildman–Crippen LogP) is 2.81. The molecule has 0 unspecified atom stereocenters. The van der Waals surface area contributed by atoms with E-state index in [1.54, 1.807) is 0 Å². The third kappa shape index (κ3) is 2.94. The summed E-state index contributed by atoms with van der Waals surface area (Å²) in [5.74, 6) is -2.25. The molecule has 0 aromatic heterocycles. The lowest BCUT2D eigenvalue weighted by molar-refractivity contribution is 0.358. The zero-order valence-electron chi connectivity index (χ0n) is 12.6. The minimum atomic E-state index is -0.743. The van der Waals surface area contributed by atoms with E-state index >= 15 is 0 Å². The van der Waals surface area contributed by atoms with Crippen LogP contribution < -0.4 is 10.1 Å². The number of methoxy groups -OCH3 is 1. The lowest BCUT2D eigenvalue weighted by Crippen LogP contribution is -2.31. The summed E-state index contributed by atoms with van der Waals surface area (Å²) in [7, 11) is 1.22. The average molecular weight is 321 g/mol. The molecule has 6 heteroatoms. The molecular formula is C17H17F2NO3. The summed E-state index contributed by atoms with van der Waals surface area (Å²) < 4.78 is 32.3. The summed E-state index contributed by atoms with van der Waals surface area (Å²) >= 11 is 0. The molecule has 23 heavy (non-hydrogen) atoms. The van der Waals surface area contributed by atoms with Gasteiger partial charge in [0.05, 0.1) is 7.11 Å². The Labute approximate surface area is 132 Å². The Morgan fingerprint density at radius 1 is 1.13 bits per heavy atom. The van der Waals surface area contributed by atoms with Gasteiger partial charge >= 0.3 is 0 Å². The molecule has 1 atom stereocenters. The van der Waals surface area contributed by atoms with Gasteiger partial charge in [-0.3, -0.25) is 0 Å². The predicted molar refractivity (Wildman–Crippen MR) is 80.8 cm³/mol. The zero-order valence-corrected chi connectivity index (χ0v) is 12.6. The molecule has 0 radical (unpaired) electrons. The number of nitrogens with one attached hydrogen (secondary N) is 1. The standard InChI is InChI=1S/C17H17F2NO3/c1-23-17-12(18)4-9(5-13(17)19)6-14-11-8-16(22)15(21)7-10(11)2-3-20-14/h4-5,7-8,14,20-22H,2-3,6H2,1H3/t14-/m0/s1. The fourth-order valence-electron chi connectivity index (χ4n) is 3.01. The number of rotatable bonds is 3. The first-order chi connectivity index (χ1) is 11.0. The van der Waals surface area contributed by atoms with Gasteiger partial charge in [0, 0.05) is 6.04 Å². The van der Waals surface area contributed by atoms with Crippen molar-refractivity contribution in [3.63, 3.8) is 0 Å². The zero-order chi connectivity index (χ0) is 16.6. The highest BCUT2D eigenvalue weighted by atomic mass is 19.1. The Morgan fingerprint density at radius 3 is 2.43 bits per heavy atom. The molecule has 1 aliphatic heterocycles. The molecule has 1 aliphatic rings. The van der Waals surface area contributed by atoms with Crippen LogP contribution in [-0.4, -0.2) is 23.9 Å². The first kappa shape index (κ1) is 15.6. The topological polar surface area (TPSA) is 61.7 Å². The number of phenolic OH excluding ortho intramolecular Hbond substituents is 2. The van der Waals surface area contributed by atoms with Crippen LogP contribution in [0.2, 0.25) is 0 Å². The van der Waals surface area contributed by atoms with Crippen LogP contribution in [0.25, 0.3) is 0 Å². The van der Waals surface area contributed by atoms with Crippen molar-refractivity contribution in [2.24, 2.45) is 0 Å². The van der Waals surface area contributed by atoms with Crippen molar-refractivity contribution in [1.29, 1.82) is 0 Å². The summed E-state index contributed by atoms with van der Waals surface area (Å²) in [6.07, 6.45) is 1.07. The van der Waals surface area contributed by atoms with Crippen molar-refractivity contribution in [3.05, 3.63) is 52.6 Å². The van der Waals surface area contributed by atoms with E-state index in [0.717, 1.165) is 11.1 Å². The smallest absolute Gasteiger partial charge is 0.190 e. The van der Waals surface area contributed by atoms with E-state index in [0.29, 0.717) is 24.9 Å². The lowest BCUT2D eigenvalue weighted by Gasteiger charge is -2.27. The van der Waals surface area contributed by atoms with Gasteiger partial charge in [-0.2, -0.15) is 0 Å². The first-order valence-electron chi connectivity index (χ1n) is 7.29. The van der Waals surface area contributed by atoms with Crippen molar-refractivity contribution in [1.82, 2.24) is 5.32 Å². The molecule has 0 bridgehead atoms. The first-order valence-corrected chi connectivity index (χ1v) is 7.29. The van der Waals surface area contributed by atoms with Crippen LogP contribution in [-0.2, 0) is 12.8 Å². The van der Waals surface area contributed by atoms with E-state index in [1.165, 1.54) is 31.4 Å². The van der Waals surface area contributed by atoms with Crippen molar-refractivity contribution < 1.29 is 23.7 Å². The largest absolute Gasteiger partial charge is 0.504 e. The second kappa shape index (κ2) is 6.04. The molecular weight excluding hydrogens is 304 g/mol. The molecule has 0 aliphatic carbocycles. The molecule has 1 heterocycles. The molecule has 2 aromatic carbocycles. The fraction of sp³-hybridized carbons (Fsp3) is 0.294. The van der Waals surface area contributed by atoms with E-state index in [2.05, 4.69) is 10.1 Å². The van der Waals surface area contributed by atoms with Crippen LogP contribution >= 0.6 is 0 Å². The maximum absolute atomic E-state index is 13.8. The van der Waals surface area contributed by atoms with Crippen LogP contribution in [0.15, 0.2) is 24.3 Å². The Morgan fingerprint density at radius 2 is 1.78 bits per heavy atom. The van der Waals surface area contributed by atoms with E-state index < -0.39 is 17.4 Å².